The second-order valence-electron chi connectivity index (χ2n) is 2.71. The molecular weight excluding hydrogens is 206 g/mol. The summed E-state index contributed by atoms with van der Waals surface area (Å²) in [5.74, 6) is -0.839. The number of hydrogen-bond acceptors (Lipinski definition) is 6. The van der Waals surface area contributed by atoms with Gasteiger partial charge in [-0.25, -0.2) is 0 Å². The molecular formula is C7H7N3O3S. The van der Waals surface area contributed by atoms with Gasteiger partial charge in [0.25, 0.3) is 0 Å². The third-order valence-electron chi connectivity index (χ3n) is 1.84. The molecule has 0 spiro atoms. The van der Waals surface area contributed by atoms with Crippen molar-refractivity contribution in [1.82, 2.24) is 5.32 Å². The van der Waals surface area contributed by atoms with Gasteiger partial charge in [0.15, 0.2) is 0 Å². The fourth-order valence-corrected chi connectivity index (χ4v) is 1.97. The molecule has 14 heavy (non-hydrogen) atoms. The molecule has 1 aliphatic rings. The van der Waals surface area contributed by atoms with E-state index in [1.807, 2.05) is 11.4 Å². The lowest BCUT2D eigenvalue weighted by Gasteiger charge is -2.17. The van der Waals surface area contributed by atoms with Crippen LogP contribution < -0.4 is 10.6 Å². The normalized spacial score (nSPS) is 17.7. The lowest BCUT2D eigenvalue weighted by atomic mass is 10.3. The predicted octanol–water partition coefficient (Wildman–Crippen LogP) is 1.22. The van der Waals surface area contributed by atoms with Crippen LogP contribution in [0, 0.1) is 10.1 Å². The van der Waals surface area contributed by atoms with Gasteiger partial charge in [-0.15, -0.1) is 11.3 Å². The number of hydrogen-bond donors (Lipinski definition) is 3. The Hall–Kier alpha value is -1.76. The molecule has 0 unspecified atom stereocenters. The molecule has 0 atom stereocenters. The molecule has 0 bridgehead atoms. The molecule has 1 aliphatic heterocycles. The van der Waals surface area contributed by atoms with Gasteiger partial charge in [0.05, 0.1) is 5.00 Å². The van der Waals surface area contributed by atoms with Crippen molar-refractivity contribution in [2.75, 3.05) is 5.32 Å². The highest BCUT2D eigenvalue weighted by Gasteiger charge is 2.22. The lowest BCUT2D eigenvalue weighted by Crippen LogP contribution is -2.27. The number of aliphatic hydroxyl groups excluding tert-OH is 1. The van der Waals surface area contributed by atoms with Gasteiger partial charge in [-0.05, 0) is 11.4 Å². The second-order valence-corrected chi connectivity index (χ2v) is 3.63. The van der Waals surface area contributed by atoms with Gasteiger partial charge in [-0.2, -0.15) is 0 Å². The Morgan fingerprint density at radius 3 is 3.21 bits per heavy atom. The van der Waals surface area contributed by atoms with Crippen LogP contribution in [0.25, 0.3) is 0 Å². The molecule has 7 heteroatoms. The van der Waals surface area contributed by atoms with Crippen LogP contribution in [0.4, 0.5) is 5.00 Å². The molecule has 6 nitrogen and oxygen atoms in total. The Labute approximate surface area is 83.0 Å². The van der Waals surface area contributed by atoms with Gasteiger partial charge in [0.2, 0.25) is 5.82 Å². The molecule has 0 aromatic carbocycles. The molecule has 0 fully saturated rings. The predicted molar refractivity (Wildman–Crippen MR) is 51.4 cm³/mol. The Bertz CT molecular complexity index is 412. The zero-order valence-electron chi connectivity index (χ0n) is 6.98. The van der Waals surface area contributed by atoms with Crippen LogP contribution in [0.5, 0.6) is 0 Å². The van der Waals surface area contributed by atoms with Crippen molar-refractivity contribution in [1.29, 1.82) is 0 Å². The number of rotatable bonds is 1. The summed E-state index contributed by atoms with van der Waals surface area (Å²) in [7, 11) is 0. The Morgan fingerprint density at radius 1 is 1.71 bits per heavy atom. The monoisotopic (exact) mass is 213 g/mol. The van der Waals surface area contributed by atoms with Gasteiger partial charge >= 0.3 is 5.88 Å². The van der Waals surface area contributed by atoms with Crippen LogP contribution in [0.3, 0.4) is 0 Å². The molecule has 1 aromatic heterocycles. The standard InChI is InChI=1S/C7H7N3O3S/c11-7(10(12)13)5-8-3-4-1-2-14-6(4)9-5/h1-2,8-9,11H,3H2. The number of nitrogens with zero attached hydrogens (tertiary/aromatic N) is 1. The van der Waals surface area contributed by atoms with E-state index in [4.69, 9.17) is 5.11 Å². The van der Waals surface area contributed by atoms with E-state index in [1.165, 1.54) is 11.3 Å². The molecule has 0 saturated heterocycles. The average Bonchev–Trinajstić information content (AvgIpc) is 2.62. The molecule has 0 saturated carbocycles. The van der Waals surface area contributed by atoms with Gasteiger partial charge in [-0.1, -0.05) is 0 Å². The first-order valence-corrected chi connectivity index (χ1v) is 4.71. The topological polar surface area (TPSA) is 87.4 Å². The third-order valence-corrected chi connectivity index (χ3v) is 2.71. The van der Waals surface area contributed by atoms with E-state index in [9.17, 15) is 10.1 Å². The molecule has 74 valence electrons. The maximum atomic E-state index is 10.3. The summed E-state index contributed by atoms with van der Waals surface area (Å²) in [5.41, 5.74) is 1.04. The van der Waals surface area contributed by atoms with E-state index in [1.54, 1.807) is 0 Å². The van der Waals surface area contributed by atoms with Crippen molar-refractivity contribution >= 4 is 16.3 Å². The Kier molecular flexibility index (Phi) is 2.01. The Morgan fingerprint density at radius 2 is 2.50 bits per heavy atom. The van der Waals surface area contributed by atoms with Crippen LogP contribution in [-0.4, -0.2) is 10.0 Å². The smallest absolute Gasteiger partial charge is 0.453 e. The Balaban J connectivity index is 2.31. The van der Waals surface area contributed by atoms with Gasteiger partial charge < -0.3 is 15.7 Å². The highest BCUT2D eigenvalue weighted by molar-refractivity contribution is 7.14. The number of nitrogens with one attached hydrogen (secondary N) is 2. The minimum Gasteiger partial charge on any atom is -0.453 e. The van der Waals surface area contributed by atoms with Crippen LogP contribution in [0.1, 0.15) is 5.56 Å². The number of thiophene rings is 1. The first-order chi connectivity index (χ1) is 6.68. The summed E-state index contributed by atoms with van der Waals surface area (Å²) in [6, 6.07) is 1.92. The van der Waals surface area contributed by atoms with Crippen molar-refractivity contribution in [3.05, 3.63) is 38.8 Å². The number of anilines is 1. The fourth-order valence-electron chi connectivity index (χ4n) is 1.15. The van der Waals surface area contributed by atoms with Crippen LogP contribution >= 0.6 is 11.3 Å². The SMILES string of the molecule is O=[N+]([O-])C(O)=C1NCc2ccsc2N1. The summed E-state index contributed by atoms with van der Waals surface area (Å²) in [5, 5.41) is 27.5. The van der Waals surface area contributed by atoms with Crippen LogP contribution in [0.15, 0.2) is 23.2 Å². The fraction of sp³-hybridized carbons (Fsp3) is 0.143. The molecule has 0 amide bonds. The minimum atomic E-state index is -0.885. The molecule has 0 radical (unpaired) electrons. The van der Waals surface area contributed by atoms with Crippen molar-refractivity contribution in [3.8, 4) is 0 Å². The van der Waals surface area contributed by atoms with Crippen molar-refractivity contribution < 1.29 is 10.0 Å². The summed E-state index contributed by atoms with van der Waals surface area (Å²) >= 11 is 1.44. The van der Waals surface area contributed by atoms with Gasteiger partial charge in [-0.3, -0.25) is 10.1 Å². The van der Waals surface area contributed by atoms with Crippen molar-refractivity contribution in [2.24, 2.45) is 0 Å². The van der Waals surface area contributed by atoms with Crippen LogP contribution in [0.2, 0.25) is 0 Å². The van der Waals surface area contributed by atoms with E-state index >= 15 is 0 Å². The number of nitro groups is 1. The highest BCUT2D eigenvalue weighted by atomic mass is 32.1. The largest absolute Gasteiger partial charge is 0.466 e. The summed E-state index contributed by atoms with van der Waals surface area (Å²) < 4.78 is 0. The first kappa shape index (κ1) is 8.82. The summed E-state index contributed by atoms with van der Waals surface area (Å²) in [4.78, 5) is 9.43. The summed E-state index contributed by atoms with van der Waals surface area (Å²) in [6.45, 7) is 0.485. The van der Waals surface area contributed by atoms with Gasteiger partial charge in [0.1, 0.15) is 4.92 Å². The molecule has 2 heterocycles. The quantitative estimate of drug-likeness (QED) is 0.371. The van der Waals surface area contributed by atoms with E-state index in [-0.39, 0.29) is 5.82 Å². The van der Waals surface area contributed by atoms with E-state index in [0.717, 1.165) is 10.6 Å². The molecule has 1 aromatic rings. The molecule has 2 rings (SSSR count). The third kappa shape index (κ3) is 1.37. The maximum Gasteiger partial charge on any atom is 0.466 e. The maximum absolute atomic E-state index is 10.3. The van der Waals surface area contributed by atoms with Crippen molar-refractivity contribution in [2.45, 2.75) is 6.54 Å². The molecule has 0 aliphatic carbocycles. The average molecular weight is 213 g/mol. The van der Waals surface area contributed by atoms with E-state index in [0.29, 0.717) is 6.54 Å². The zero-order valence-corrected chi connectivity index (χ0v) is 7.80. The van der Waals surface area contributed by atoms with E-state index in [2.05, 4.69) is 10.6 Å². The summed E-state index contributed by atoms with van der Waals surface area (Å²) in [6.07, 6.45) is 0. The van der Waals surface area contributed by atoms with Gasteiger partial charge in [0, 0.05) is 12.1 Å². The molecule has 3 N–H and O–H groups in total. The number of aliphatic hydroxyl groups is 1. The lowest BCUT2D eigenvalue weighted by molar-refractivity contribution is -0.460. The number of fused-ring (bicyclic) bond motifs is 1. The van der Waals surface area contributed by atoms with Crippen LogP contribution in [-0.2, 0) is 6.54 Å². The first-order valence-electron chi connectivity index (χ1n) is 3.83. The van der Waals surface area contributed by atoms with Crippen molar-refractivity contribution in [3.63, 3.8) is 0 Å². The highest BCUT2D eigenvalue weighted by Crippen LogP contribution is 2.27. The van der Waals surface area contributed by atoms with E-state index < -0.39 is 10.8 Å². The minimum absolute atomic E-state index is 0.0463. The second kappa shape index (κ2) is 3.18. The zero-order chi connectivity index (χ0) is 10.1.